The number of aromatic amines is 3. The van der Waals surface area contributed by atoms with E-state index in [1.165, 1.54) is 0 Å². The molecule has 4 N–H and O–H groups in total. The van der Waals surface area contributed by atoms with E-state index in [1.54, 1.807) is 25.0 Å². The minimum absolute atomic E-state index is 0.445. The van der Waals surface area contributed by atoms with Crippen LogP contribution in [0.4, 0.5) is 0 Å². The summed E-state index contributed by atoms with van der Waals surface area (Å²) in [4.78, 5) is 28.3. The molecule has 1 aromatic carbocycles. The molecule has 3 aromatic heterocycles. The van der Waals surface area contributed by atoms with Crippen molar-refractivity contribution in [2.24, 2.45) is 0 Å². The van der Waals surface area contributed by atoms with Crippen molar-refractivity contribution in [1.29, 1.82) is 0 Å². The lowest BCUT2D eigenvalue weighted by molar-refractivity contribution is -0.144. The van der Waals surface area contributed by atoms with Gasteiger partial charge >= 0.3 is 5.97 Å². The summed E-state index contributed by atoms with van der Waals surface area (Å²) >= 11 is 5.41. The number of benzene rings is 1. The highest BCUT2D eigenvalue weighted by molar-refractivity contribution is 7.71. The summed E-state index contributed by atoms with van der Waals surface area (Å²) in [6.45, 7) is 1.55. The number of unbranched alkanes of at least 4 members (excludes halogenated alkanes) is 1. The number of carboxylic acids is 1. The van der Waals surface area contributed by atoms with E-state index in [-0.39, 0.29) is 0 Å². The van der Waals surface area contributed by atoms with Gasteiger partial charge in [0, 0.05) is 49.0 Å². The molecule has 10 nitrogen and oxygen atoms in total. The second kappa shape index (κ2) is 10.8. The monoisotopic (exact) mass is 466 g/mol. The number of hydrogen-bond acceptors (Lipinski definition) is 6. The normalized spacial score (nSPS) is 12.3. The Morgan fingerprint density at radius 2 is 1.73 bits per heavy atom. The van der Waals surface area contributed by atoms with E-state index in [4.69, 9.17) is 12.2 Å². The number of imidazole rings is 2. The molecule has 0 unspecified atom stereocenters. The quantitative estimate of drug-likeness (QED) is 0.186. The molecule has 0 aliphatic rings. The Balaban J connectivity index is 1.41. The summed E-state index contributed by atoms with van der Waals surface area (Å²) in [7, 11) is 0. The minimum atomic E-state index is -0.848. The number of carbonyl (C=O) groups is 1. The molecular weight excluding hydrogens is 440 g/mol. The fourth-order valence-electron chi connectivity index (χ4n) is 3.86. The third-order valence-electron chi connectivity index (χ3n) is 5.48. The second-order valence-electron chi connectivity index (χ2n) is 7.78. The van der Waals surface area contributed by atoms with Gasteiger partial charge in [-0.1, -0.05) is 30.3 Å². The van der Waals surface area contributed by atoms with Crippen LogP contribution in [0.2, 0.25) is 0 Å². The van der Waals surface area contributed by atoms with Crippen molar-refractivity contribution in [3.05, 3.63) is 71.5 Å². The van der Waals surface area contributed by atoms with Crippen LogP contribution >= 0.6 is 12.2 Å². The van der Waals surface area contributed by atoms with Crippen LogP contribution < -0.4 is 0 Å². The van der Waals surface area contributed by atoms with Gasteiger partial charge in [-0.05, 0) is 31.5 Å². The van der Waals surface area contributed by atoms with E-state index in [1.807, 2.05) is 39.8 Å². The van der Waals surface area contributed by atoms with Crippen LogP contribution in [0.3, 0.4) is 0 Å². The molecule has 0 bridgehead atoms. The van der Waals surface area contributed by atoms with Gasteiger partial charge in [0.25, 0.3) is 0 Å². The van der Waals surface area contributed by atoms with E-state index in [0.29, 0.717) is 30.8 Å². The van der Waals surface area contributed by atoms with Gasteiger partial charge in [-0.3, -0.25) is 14.8 Å². The zero-order valence-electron chi connectivity index (χ0n) is 18.0. The van der Waals surface area contributed by atoms with E-state index >= 15 is 0 Å². The number of rotatable bonds is 12. The maximum atomic E-state index is 12.2. The van der Waals surface area contributed by atoms with Crippen molar-refractivity contribution in [2.45, 2.75) is 44.9 Å². The summed E-state index contributed by atoms with van der Waals surface area (Å²) in [6.07, 6.45) is 8.62. The molecule has 4 rings (SSSR count). The number of carboxylic acid groups (broad SMARTS) is 1. The summed E-state index contributed by atoms with van der Waals surface area (Å²) in [5.74, 6) is -0.0607. The Morgan fingerprint density at radius 3 is 2.30 bits per heavy atom. The lowest BCUT2D eigenvalue weighted by atomic mass is 10.1. The molecule has 0 saturated carbocycles. The van der Waals surface area contributed by atoms with Crippen molar-refractivity contribution in [3.63, 3.8) is 0 Å². The first-order valence-corrected chi connectivity index (χ1v) is 11.1. The predicted molar refractivity (Wildman–Crippen MR) is 125 cm³/mol. The van der Waals surface area contributed by atoms with Crippen molar-refractivity contribution >= 4 is 18.2 Å². The summed E-state index contributed by atoms with van der Waals surface area (Å²) in [5.41, 5.74) is 2.70. The van der Waals surface area contributed by atoms with Gasteiger partial charge in [0.15, 0.2) is 10.6 Å². The molecule has 0 saturated heterocycles. The van der Waals surface area contributed by atoms with E-state index < -0.39 is 12.0 Å². The Kier molecular flexibility index (Phi) is 7.43. The summed E-state index contributed by atoms with van der Waals surface area (Å²) in [6, 6.07) is 9.21. The lowest BCUT2D eigenvalue weighted by Gasteiger charge is -2.28. The number of hydrogen-bond donors (Lipinski definition) is 4. The topological polar surface area (TPSA) is 132 Å². The van der Waals surface area contributed by atoms with Gasteiger partial charge in [-0.25, -0.2) is 9.97 Å². The SMILES string of the molecule is O=C(O)[C@H](CCCCn1c(-c2ccccc2)n[nH]c1=S)N(Cc1cnc[nH]1)Cc1cnc[nH]1. The molecule has 0 radical (unpaired) electrons. The second-order valence-corrected chi connectivity index (χ2v) is 8.17. The van der Waals surface area contributed by atoms with Crippen LogP contribution in [0.5, 0.6) is 0 Å². The number of aromatic nitrogens is 7. The Morgan fingerprint density at radius 1 is 1.06 bits per heavy atom. The molecule has 0 amide bonds. The maximum Gasteiger partial charge on any atom is 0.320 e. The zero-order chi connectivity index (χ0) is 23.0. The van der Waals surface area contributed by atoms with Crippen LogP contribution in [0, 0.1) is 4.77 Å². The molecule has 0 fully saturated rings. The highest BCUT2D eigenvalue weighted by Gasteiger charge is 2.26. The number of H-pyrrole nitrogens is 3. The standard InChI is InChI=1S/C22H26N8O2S/c31-21(32)19(29(12-17-10-23-14-25-17)13-18-11-24-15-26-18)8-4-5-9-30-20(27-28-22(30)33)16-6-2-1-3-7-16/h1-3,6-7,10-11,14-15,19H,4-5,8-9,12-13H2,(H,23,25)(H,24,26)(H,28,33)(H,31,32)/t19-/m0/s1. The average Bonchev–Trinajstić information content (AvgIpc) is 3.58. The van der Waals surface area contributed by atoms with Crippen LogP contribution in [0.25, 0.3) is 11.4 Å². The highest BCUT2D eigenvalue weighted by atomic mass is 32.1. The molecule has 172 valence electrons. The van der Waals surface area contributed by atoms with Crippen LogP contribution in [-0.4, -0.2) is 56.7 Å². The maximum absolute atomic E-state index is 12.2. The smallest absolute Gasteiger partial charge is 0.320 e. The largest absolute Gasteiger partial charge is 0.480 e. The number of aliphatic carboxylic acids is 1. The third kappa shape index (κ3) is 5.82. The molecule has 3 heterocycles. The van der Waals surface area contributed by atoms with Gasteiger partial charge < -0.3 is 19.6 Å². The first-order chi connectivity index (χ1) is 16.1. The molecular formula is C22H26N8O2S. The van der Waals surface area contributed by atoms with E-state index in [9.17, 15) is 9.90 Å². The molecule has 11 heteroatoms. The first kappa shape index (κ1) is 22.6. The molecule has 0 spiro atoms. The molecule has 0 aliphatic heterocycles. The van der Waals surface area contributed by atoms with Crippen LogP contribution in [0.15, 0.2) is 55.4 Å². The highest BCUT2D eigenvalue weighted by Crippen LogP contribution is 2.19. The predicted octanol–water partition coefficient (Wildman–Crippen LogP) is 3.38. The first-order valence-electron chi connectivity index (χ1n) is 10.7. The van der Waals surface area contributed by atoms with Gasteiger partial charge in [0.2, 0.25) is 0 Å². The van der Waals surface area contributed by atoms with Gasteiger partial charge in [-0.15, -0.1) is 0 Å². The van der Waals surface area contributed by atoms with E-state index in [0.717, 1.165) is 35.6 Å². The van der Waals surface area contributed by atoms with Gasteiger partial charge in [-0.2, -0.15) is 5.10 Å². The minimum Gasteiger partial charge on any atom is -0.480 e. The van der Waals surface area contributed by atoms with Crippen molar-refractivity contribution in [2.75, 3.05) is 0 Å². The Hall–Kier alpha value is -3.57. The lowest BCUT2D eigenvalue weighted by Crippen LogP contribution is -2.40. The summed E-state index contributed by atoms with van der Waals surface area (Å²) < 4.78 is 2.52. The third-order valence-corrected chi connectivity index (χ3v) is 5.79. The van der Waals surface area contributed by atoms with Crippen molar-refractivity contribution in [3.8, 4) is 11.4 Å². The van der Waals surface area contributed by atoms with Crippen LogP contribution in [0.1, 0.15) is 30.7 Å². The zero-order valence-corrected chi connectivity index (χ0v) is 18.8. The Bertz CT molecular complexity index is 1150. The van der Waals surface area contributed by atoms with Crippen LogP contribution in [-0.2, 0) is 24.4 Å². The fraction of sp³-hybridized carbons (Fsp3) is 0.318. The number of nitrogens with zero attached hydrogens (tertiary/aromatic N) is 5. The van der Waals surface area contributed by atoms with Crippen molar-refractivity contribution in [1.82, 2.24) is 39.6 Å². The molecule has 4 aromatic rings. The van der Waals surface area contributed by atoms with Gasteiger partial charge in [0.1, 0.15) is 6.04 Å². The Labute approximate surface area is 195 Å². The van der Waals surface area contributed by atoms with E-state index in [2.05, 4.69) is 30.1 Å². The number of nitrogens with one attached hydrogen (secondary N) is 3. The molecule has 0 aliphatic carbocycles. The fourth-order valence-corrected chi connectivity index (χ4v) is 4.08. The summed E-state index contributed by atoms with van der Waals surface area (Å²) in [5, 5.41) is 17.2. The average molecular weight is 467 g/mol. The van der Waals surface area contributed by atoms with Crippen molar-refractivity contribution < 1.29 is 9.90 Å². The van der Waals surface area contributed by atoms with Gasteiger partial charge in [0.05, 0.1) is 12.7 Å². The molecule has 1 atom stereocenters. The molecule has 33 heavy (non-hydrogen) atoms.